The number of benzene rings is 1. The standard InChI is InChI=1S/C23H32N4O2/c1-17(2)21(26-22(28)20-7-4-3-5-8-20)23(29)24-15-18-9-11-19(12-10-18)16-27-14-6-13-25-27/h6,9-14,17,20-21H,3-5,7-8,15-16H2,1-2H3,(H,24,29)(H,26,28). The largest absolute Gasteiger partial charge is 0.350 e. The van der Waals surface area contributed by atoms with Crippen molar-refractivity contribution in [2.24, 2.45) is 11.8 Å². The van der Waals surface area contributed by atoms with Crippen LogP contribution in [-0.2, 0) is 22.7 Å². The lowest BCUT2D eigenvalue weighted by Crippen LogP contribution is -2.51. The maximum atomic E-state index is 12.7. The zero-order valence-corrected chi connectivity index (χ0v) is 17.4. The fraction of sp³-hybridized carbons (Fsp3) is 0.522. The van der Waals surface area contributed by atoms with Crippen molar-refractivity contribution in [2.75, 3.05) is 0 Å². The molecule has 6 heteroatoms. The highest BCUT2D eigenvalue weighted by molar-refractivity contribution is 5.88. The molecule has 156 valence electrons. The summed E-state index contributed by atoms with van der Waals surface area (Å²) in [6, 6.07) is 9.54. The van der Waals surface area contributed by atoms with Crippen molar-refractivity contribution in [3.8, 4) is 0 Å². The van der Waals surface area contributed by atoms with E-state index in [1.807, 2.05) is 55.1 Å². The van der Waals surface area contributed by atoms with Gasteiger partial charge in [0, 0.05) is 24.9 Å². The number of nitrogens with zero attached hydrogens (tertiary/aromatic N) is 2. The van der Waals surface area contributed by atoms with Crippen molar-refractivity contribution < 1.29 is 9.59 Å². The molecule has 6 nitrogen and oxygen atoms in total. The van der Waals surface area contributed by atoms with Gasteiger partial charge in [0.1, 0.15) is 6.04 Å². The van der Waals surface area contributed by atoms with Gasteiger partial charge in [0.25, 0.3) is 0 Å². The van der Waals surface area contributed by atoms with Crippen LogP contribution in [0.15, 0.2) is 42.7 Å². The van der Waals surface area contributed by atoms with E-state index in [-0.39, 0.29) is 23.7 Å². The number of carbonyl (C=O) groups is 2. The molecule has 1 unspecified atom stereocenters. The SMILES string of the molecule is CC(C)C(NC(=O)C1CCCCC1)C(=O)NCc1ccc(Cn2cccn2)cc1. The van der Waals surface area contributed by atoms with E-state index < -0.39 is 6.04 Å². The van der Waals surface area contributed by atoms with E-state index in [0.717, 1.165) is 43.4 Å². The average molecular weight is 397 g/mol. The zero-order chi connectivity index (χ0) is 20.6. The van der Waals surface area contributed by atoms with Crippen molar-refractivity contribution >= 4 is 11.8 Å². The Kier molecular flexibility index (Phi) is 7.44. The van der Waals surface area contributed by atoms with Gasteiger partial charge in [0.2, 0.25) is 11.8 Å². The number of rotatable bonds is 8. The number of hydrogen-bond donors (Lipinski definition) is 2. The van der Waals surface area contributed by atoms with E-state index in [4.69, 9.17) is 0 Å². The van der Waals surface area contributed by atoms with Gasteiger partial charge in [-0.25, -0.2) is 0 Å². The van der Waals surface area contributed by atoms with E-state index in [1.165, 1.54) is 6.42 Å². The minimum atomic E-state index is -0.497. The maximum Gasteiger partial charge on any atom is 0.243 e. The zero-order valence-electron chi connectivity index (χ0n) is 17.4. The number of carbonyl (C=O) groups excluding carboxylic acids is 2. The van der Waals surface area contributed by atoms with Gasteiger partial charge in [0.05, 0.1) is 6.54 Å². The van der Waals surface area contributed by atoms with E-state index in [1.54, 1.807) is 6.20 Å². The first kappa shape index (κ1) is 21.1. The Bertz CT molecular complexity index is 778. The van der Waals surface area contributed by atoms with Crippen molar-refractivity contribution in [1.29, 1.82) is 0 Å². The van der Waals surface area contributed by atoms with Gasteiger partial charge < -0.3 is 10.6 Å². The molecule has 29 heavy (non-hydrogen) atoms. The van der Waals surface area contributed by atoms with Crippen molar-refractivity contribution in [2.45, 2.75) is 65.1 Å². The maximum absolute atomic E-state index is 12.7. The van der Waals surface area contributed by atoms with Gasteiger partial charge >= 0.3 is 0 Å². The van der Waals surface area contributed by atoms with Crippen LogP contribution < -0.4 is 10.6 Å². The first-order valence-electron chi connectivity index (χ1n) is 10.7. The summed E-state index contributed by atoms with van der Waals surface area (Å²) in [7, 11) is 0. The fourth-order valence-corrected chi connectivity index (χ4v) is 3.81. The molecular weight excluding hydrogens is 364 g/mol. The summed E-state index contributed by atoms with van der Waals surface area (Å²) < 4.78 is 1.87. The highest BCUT2D eigenvalue weighted by Crippen LogP contribution is 2.24. The Balaban J connectivity index is 1.51. The molecule has 0 aliphatic heterocycles. The Hall–Kier alpha value is -2.63. The van der Waals surface area contributed by atoms with Crippen LogP contribution in [0.3, 0.4) is 0 Å². The molecule has 2 amide bonds. The third-order valence-electron chi connectivity index (χ3n) is 5.62. The summed E-state index contributed by atoms with van der Waals surface area (Å²) in [5, 5.41) is 10.2. The van der Waals surface area contributed by atoms with Gasteiger partial charge in [-0.15, -0.1) is 0 Å². The molecule has 1 aromatic heterocycles. The Morgan fingerprint density at radius 2 is 1.79 bits per heavy atom. The summed E-state index contributed by atoms with van der Waals surface area (Å²) >= 11 is 0. The van der Waals surface area contributed by atoms with Crippen LogP contribution >= 0.6 is 0 Å². The lowest BCUT2D eigenvalue weighted by molar-refractivity contribution is -0.132. The third-order valence-corrected chi connectivity index (χ3v) is 5.62. The Labute approximate surface area is 173 Å². The van der Waals surface area contributed by atoms with E-state index in [9.17, 15) is 9.59 Å². The molecule has 3 rings (SSSR count). The molecule has 1 fully saturated rings. The number of nitrogens with one attached hydrogen (secondary N) is 2. The minimum Gasteiger partial charge on any atom is -0.350 e. The molecule has 1 aliphatic carbocycles. The van der Waals surface area contributed by atoms with Crippen LogP contribution in [0.4, 0.5) is 0 Å². The van der Waals surface area contributed by atoms with Gasteiger partial charge in [-0.05, 0) is 36.0 Å². The summed E-state index contributed by atoms with van der Waals surface area (Å²) in [5.74, 6) is 0.00502. The van der Waals surface area contributed by atoms with Crippen molar-refractivity contribution in [1.82, 2.24) is 20.4 Å². The van der Waals surface area contributed by atoms with E-state index >= 15 is 0 Å². The van der Waals surface area contributed by atoms with Crippen LogP contribution in [0.1, 0.15) is 57.1 Å². The second-order valence-corrected chi connectivity index (χ2v) is 8.30. The molecule has 1 aliphatic rings. The first-order chi connectivity index (χ1) is 14.0. The fourth-order valence-electron chi connectivity index (χ4n) is 3.81. The van der Waals surface area contributed by atoms with Gasteiger partial charge in [-0.3, -0.25) is 14.3 Å². The molecule has 0 radical (unpaired) electrons. The second kappa shape index (κ2) is 10.2. The van der Waals surface area contributed by atoms with Crippen LogP contribution in [0, 0.1) is 11.8 Å². The summed E-state index contributed by atoms with van der Waals surface area (Å²) in [5.41, 5.74) is 2.19. The monoisotopic (exact) mass is 396 g/mol. The molecule has 2 N–H and O–H groups in total. The lowest BCUT2D eigenvalue weighted by Gasteiger charge is -2.26. The smallest absolute Gasteiger partial charge is 0.243 e. The van der Waals surface area contributed by atoms with Crippen molar-refractivity contribution in [3.63, 3.8) is 0 Å². The summed E-state index contributed by atoms with van der Waals surface area (Å²) in [4.78, 5) is 25.3. The quantitative estimate of drug-likeness (QED) is 0.719. The summed E-state index contributed by atoms with van der Waals surface area (Å²) in [6.45, 7) is 5.11. The number of aromatic nitrogens is 2. The molecule has 0 bridgehead atoms. The van der Waals surface area contributed by atoms with Gasteiger partial charge in [-0.2, -0.15) is 5.10 Å². The predicted octanol–water partition coefficient (Wildman–Crippen LogP) is 3.27. The Morgan fingerprint density at radius 1 is 1.10 bits per heavy atom. The van der Waals surface area contributed by atoms with Crippen LogP contribution in [0.5, 0.6) is 0 Å². The van der Waals surface area contributed by atoms with Gasteiger partial charge in [-0.1, -0.05) is 57.4 Å². The van der Waals surface area contributed by atoms with Gasteiger partial charge in [0.15, 0.2) is 0 Å². The van der Waals surface area contributed by atoms with E-state index in [0.29, 0.717) is 6.54 Å². The van der Waals surface area contributed by atoms with Crippen molar-refractivity contribution in [3.05, 3.63) is 53.9 Å². The third kappa shape index (κ3) is 6.17. The van der Waals surface area contributed by atoms with Crippen LogP contribution in [0.2, 0.25) is 0 Å². The molecule has 1 aromatic carbocycles. The highest BCUT2D eigenvalue weighted by Gasteiger charge is 2.28. The number of hydrogen-bond acceptors (Lipinski definition) is 3. The lowest BCUT2D eigenvalue weighted by atomic mass is 9.88. The molecule has 2 aromatic rings. The van der Waals surface area contributed by atoms with Crippen LogP contribution in [-0.4, -0.2) is 27.6 Å². The van der Waals surface area contributed by atoms with Crippen LogP contribution in [0.25, 0.3) is 0 Å². The van der Waals surface area contributed by atoms with E-state index in [2.05, 4.69) is 15.7 Å². The second-order valence-electron chi connectivity index (χ2n) is 8.30. The molecule has 0 spiro atoms. The minimum absolute atomic E-state index is 0.0292. The number of amides is 2. The first-order valence-corrected chi connectivity index (χ1v) is 10.7. The normalized spacial score (nSPS) is 15.8. The predicted molar refractivity (Wildman–Crippen MR) is 113 cm³/mol. The molecule has 1 heterocycles. The highest BCUT2D eigenvalue weighted by atomic mass is 16.2. The Morgan fingerprint density at radius 3 is 2.41 bits per heavy atom. The molecule has 0 saturated heterocycles. The molecule has 1 saturated carbocycles. The molecule has 1 atom stereocenters. The summed E-state index contributed by atoms with van der Waals surface area (Å²) in [6.07, 6.45) is 8.98. The topological polar surface area (TPSA) is 76.0 Å². The average Bonchev–Trinajstić information content (AvgIpc) is 3.24. The molecular formula is C23H32N4O2.